The number of rotatable bonds is 17. The molecular weight excluding hydrogens is 627 g/mol. The van der Waals surface area contributed by atoms with Crippen LogP contribution in [0, 0.1) is 12.3 Å². The molecule has 256 valence electrons. The molecule has 0 spiro atoms. The van der Waals surface area contributed by atoms with Gasteiger partial charge in [-0.3, -0.25) is 18.9 Å². The van der Waals surface area contributed by atoms with E-state index in [9.17, 15) is 18.9 Å². The zero-order valence-electron chi connectivity index (χ0n) is 27.7. The quantitative estimate of drug-likeness (QED) is 0.0621. The van der Waals surface area contributed by atoms with Gasteiger partial charge in [0.1, 0.15) is 11.9 Å². The van der Waals surface area contributed by atoms with Crippen molar-refractivity contribution < 1.29 is 51.7 Å². The van der Waals surface area contributed by atoms with Crippen LogP contribution in [0.15, 0.2) is 48.5 Å². The summed E-state index contributed by atoms with van der Waals surface area (Å²) in [5, 5.41) is 0. The normalized spacial score (nSPS) is 20.9. The zero-order chi connectivity index (χ0) is 34.4. The molecule has 0 unspecified atom stereocenters. The number of terminal acetylenes is 1. The number of carbonyl (C=O) groups excluding carboxylic acids is 3. The summed E-state index contributed by atoms with van der Waals surface area (Å²) in [7, 11) is -3.53. The van der Waals surface area contributed by atoms with Crippen LogP contribution in [-0.2, 0) is 53.4 Å². The molecule has 0 N–H and O–H groups in total. The minimum Gasteiger partial charge on any atom is -0.461 e. The van der Waals surface area contributed by atoms with Crippen LogP contribution in [0.2, 0.25) is 0 Å². The lowest BCUT2D eigenvalue weighted by Crippen LogP contribution is -2.62. The number of hydrogen-bond donors (Lipinski definition) is 0. The maximum Gasteiger partial charge on any atom is 0.330 e. The van der Waals surface area contributed by atoms with Crippen LogP contribution in [0.3, 0.4) is 0 Å². The Morgan fingerprint density at radius 2 is 1.45 bits per heavy atom. The van der Waals surface area contributed by atoms with Crippen molar-refractivity contribution in [2.45, 2.75) is 97.4 Å². The third-order valence-corrected chi connectivity index (χ3v) is 9.35. The number of hydrogen-bond acceptors (Lipinski definition) is 11. The first-order valence-electron chi connectivity index (χ1n) is 15.8. The van der Waals surface area contributed by atoms with E-state index in [4.69, 9.17) is 39.2 Å². The Morgan fingerprint density at radius 3 is 2.04 bits per heavy atom. The summed E-state index contributed by atoms with van der Waals surface area (Å²) < 4.78 is 53.3. The topological polar surface area (TPSA) is 133 Å². The molecule has 0 aromatic heterocycles. The standard InChI is InChI=1S/C35H45O11P/c1-7-10-11-12-14-27-15-13-16-29(23-27)28-17-19-30(20-18-28)45-35-34(44-26(6)38)33(43-25(5)37)32(42-24(4)36)31(46-35)21-22-47(39,40-8-2)41-9-3/h1,13,15-20,23,31-35H,8-12,14,21-22H2,2-6H3/t31-,32-,33+,34+,35+/m1/s1. The van der Waals surface area contributed by atoms with Crippen molar-refractivity contribution in [1.29, 1.82) is 0 Å². The highest BCUT2D eigenvalue weighted by molar-refractivity contribution is 7.53. The number of unbranched alkanes of at least 4 members (excludes halogenated alkanes) is 2. The van der Waals surface area contributed by atoms with Crippen LogP contribution in [-0.4, -0.2) is 68.0 Å². The van der Waals surface area contributed by atoms with Gasteiger partial charge in [-0.25, -0.2) is 0 Å². The van der Waals surface area contributed by atoms with Gasteiger partial charge in [0.25, 0.3) is 0 Å². The summed E-state index contributed by atoms with van der Waals surface area (Å²) >= 11 is 0. The molecule has 1 saturated heterocycles. The van der Waals surface area contributed by atoms with Crippen molar-refractivity contribution in [3.8, 4) is 29.2 Å². The molecule has 1 aliphatic rings. The van der Waals surface area contributed by atoms with Crippen LogP contribution in [0.25, 0.3) is 11.1 Å². The van der Waals surface area contributed by atoms with Gasteiger partial charge in [-0.1, -0.05) is 36.4 Å². The SMILES string of the molecule is C#CCCCCc1cccc(-c2ccc(O[C@H]3O[C@H](CCP(=O)(OCC)OCC)[C@@H](OC(C)=O)[C@H](OC(C)=O)[C@@H]3OC(C)=O)cc2)c1. The lowest BCUT2D eigenvalue weighted by molar-refractivity contribution is -0.283. The second-order valence-electron chi connectivity index (χ2n) is 11.0. The Bertz CT molecular complexity index is 1410. The van der Waals surface area contributed by atoms with Crippen LogP contribution in [0.1, 0.15) is 65.9 Å². The lowest BCUT2D eigenvalue weighted by atomic mass is 9.96. The first kappa shape index (κ1) is 37.8. The summed E-state index contributed by atoms with van der Waals surface area (Å²) in [6.45, 7) is 7.25. The maximum atomic E-state index is 13.3. The Balaban J connectivity index is 1.90. The molecule has 5 atom stereocenters. The highest BCUT2D eigenvalue weighted by Gasteiger charge is 2.53. The zero-order valence-corrected chi connectivity index (χ0v) is 28.6. The monoisotopic (exact) mass is 672 g/mol. The van der Waals surface area contributed by atoms with E-state index >= 15 is 0 Å². The van der Waals surface area contributed by atoms with Crippen LogP contribution in [0.4, 0.5) is 0 Å². The molecule has 0 radical (unpaired) electrons. The Kier molecular flexibility index (Phi) is 15.0. The van der Waals surface area contributed by atoms with Crippen molar-refractivity contribution >= 4 is 25.5 Å². The fourth-order valence-corrected chi connectivity index (χ4v) is 7.04. The highest BCUT2D eigenvalue weighted by atomic mass is 31.2. The second kappa shape index (κ2) is 18.6. The average Bonchev–Trinajstić information content (AvgIpc) is 3.01. The number of carbonyl (C=O) groups is 3. The predicted molar refractivity (Wildman–Crippen MR) is 175 cm³/mol. The second-order valence-corrected chi connectivity index (χ2v) is 13.2. The Morgan fingerprint density at radius 1 is 0.830 bits per heavy atom. The Hall–Kier alpha value is -3.68. The van der Waals surface area contributed by atoms with Gasteiger partial charge in [0, 0.05) is 27.2 Å². The highest BCUT2D eigenvalue weighted by Crippen LogP contribution is 2.49. The van der Waals surface area contributed by atoms with Gasteiger partial charge < -0.3 is 32.7 Å². The fourth-order valence-electron chi connectivity index (χ4n) is 5.35. The van der Waals surface area contributed by atoms with Gasteiger partial charge in [-0.2, -0.15) is 0 Å². The van der Waals surface area contributed by atoms with Crippen LogP contribution >= 0.6 is 7.60 Å². The summed E-state index contributed by atoms with van der Waals surface area (Å²) in [6.07, 6.45) is 2.83. The molecule has 2 aromatic rings. The molecule has 11 nitrogen and oxygen atoms in total. The van der Waals surface area contributed by atoms with Gasteiger partial charge in [0.05, 0.1) is 19.4 Å². The van der Waals surface area contributed by atoms with E-state index in [0.29, 0.717) is 5.75 Å². The molecule has 0 amide bonds. The van der Waals surface area contributed by atoms with E-state index in [1.807, 2.05) is 24.3 Å². The molecule has 1 heterocycles. The van der Waals surface area contributed by atoms with Crippen molar-refractivity contribution in [3.05, 3.63) is 54.1 Å². The number of ether oxygens (including phenoxy) is 5. The van der Waals surface area contributed by atoms with Crippen molar-refractivity contribution in [2.24, 2.45) is 0 Å². The molecule has 2 aromatic carbocycles. The molecule has 12 heteroatoms. The first-order chi connectivity index (χ1) is 22.5. The third-order valence-electron chi connectivity index (χ3n) is 7.24. The summed E-state index contributed by atoms with van der Waals surface area (Å²) in [5.41, 5.74) is 3.20. The van der Waals surface area contributed by atoms with Gasteiger partial charge in [0.2, 0.25) is 12.4 Å². The van der Waals surface area contributed by atoms with E-state index in [1.54, 1.807) is 26.0 Å². The number of aryl methyl sites for hydroxylation is 1. The molecule has 1 aliphatic heterocycles. The minimum atomic E-state index is -3.53. The van der Waals surface area contributed by atoms with Gasteiger partial charge in [-0.15, -0.1) is 12.3 Å². The summed E-state index contributed by atoms with van der Waals surface area (Å²) in [6, 6.07) is 15.5. The van der Waals surface area contributed by atoms with Gasteiger partial charge >= 0.3 is 25.5 Å². The molecular formula is C35H45O11P. The molecule has 0 saturated carbocycles. The number of benzene rings is 2. The summed E-state index contributed by atoms with van der Waals surface area (Å²) in [4.78, 5) is 36.6. The van der Waals surface area contributed by atoms with Gasteiger partial charge in [-0.05, 0) is 68.4 Å². The van der Waals surface area contributed by atoms with Crippen molar-refractivity contribution in [2.75, 3.05) is 19.4 Å². The molecule has 1 fully saturated rings. The smallest absolute Gasteiger partial charge is 0.330 e. The number of esters is 3. The summed E-state index contributed by atoms with van der Waals surface area (Å²) in [5.74, 6) is 0.956. The van der Waals surface area contributed by atoms with Crippen molar-refractivity contribution in [1.82, 2.24) is 0 Å². The maximum absolute atomic E-state index is 13.3. The molecule has 0 bridgehead atoms. The van der Waals surface area contributed by atoms with E-state index < -0.39 is 56.2 Å². The molecule has 3 rings (SSSR count). The molecule has 47 heavy (non-hydrogen) atoms. The minimum absolute atomic E-state index is 0.0116. The van der Waals surface area contributed by atoms with Crippen LogP contribution in [0.5, 0.6) is 5.75 Å². The fraction of sp³-hybridized carbons (Fsp3) is 0.514. The van der Waals surface area contributed by atoms with Crippen LogP contribution < -0.4 is 4.74 Å². The predicted octanol–water partition coefficient (Wildman–Crippen LogP) is 6.25. The van der Waals surface area contributed by atoms with E-state index in [2.05, 4.69) is 18.1 Å². The molecule has 0 aliphatic carbocycles. The Labute approximate surface area is 277 Å². The van der Waals surface area contributed by atoms with E-state index in [0.717, 1.165) is 36.8 Å². The van der Waals surface area contributed by atoms with Gasteiger partial charge in [0.15, 0.2) is 12.2 Å². The van der Waals surface area contributed by atoms with Crippen molar-refractivity contribution in [3.63, 3.8) is 0 Å². The first-order valence-corrected chi connectivity index (χ1v) is 17.6. The average molecular weight is 673 g/mol. The van der Waals surface area contributed by atoms with E-state index in [-0.39, 0.29) is 25.8 Å². The third kappa shape index (κ3) is 11.8. The van der Waals surface area contributed by atoms with E-state index in [1.165, 1.54) is 26.3 Å². The lowest BCUT2D eigenvalue weighted by Gasteiger charge is -2.44. The largest absolute Gasteiger partial charge is 0.461 e.